The predicted molar refractivity (Wildman–Crippen MR) is 88.5 cm³/mol. The molecule has 1 aromatic rings. The van der Waals surface area contributed by atoms with Crippen LogP contribution in [0.1, 0.15) is 24.5 Å². The largest absolute Gasteiger partial charge is 0.493 e. The highest BCUT2D eigenvalue weighted by molar-refractivity contribution is 5.50. The third-order valence-corrected chi connectivity index (χ3v) is 4.33. The van der Waals surface area contributed by atoms with E-state index in [0.717, 1.165) is 49.5 Å². The van der Waals surface area contributed by atoms with E-state index in [1.807, 2.05) is 12.1 Å². The second-order valence-corrected chi connectivity index (χ2v) is 6.05. The molecular weight excluding hydrogens is 278 g/mol. The summed E-state index contributed by atoms with van der Waals surface area (Å²) in [5, 5.41) is 9.85. The zero-order valence-electron chi connectivity index (χ0n) is 13.8. The highest BCUT2D eigenvalue weighted by atomic mass is 16.5. The average molecular weight is 305 g/mol. The summed E-state index contributed by atoms with van der Waals surface area (Å²) in [6, 6.07) is 4.21. The average Bonchev–Trinajstić information content (AvgIpc) is 2.51. The van der Waals surface area contributed by atoms with Gasteiger partial charge in [-0.2, -0.15) is 0 Å². The van der Waals surface area contributed by atoms with Crippen LogP contribution >= 0.6 is 0 Å². The molecule has 1 saturated heterocycles. The lowest BCUT2D eigenvalue weighted by Crippen LogP contribution is -2.41. The summed E-state index contributed by atoms with van der Waals surface area (Å²) in [6.45, 7) is 8.63. The second-order valence-electron chi connectivity index (χ2n) is 6.05. The van der Waals surface area contributed by atoms with Crippen LogP contribution in [0, 0.1) is 5.92 Å². The number of hydrogen-bond donors (Lipinski definition) is 1. The molecule has 22 heavy (non-hydrogen) atoms. The van der Waals surface area contributed by atoms with Gasteiger partial charge in [0.1, 0.15) is 0 Å². The van der Waals surface area contributed by atoms with Crippen molar-refractivity contribution in [2.45, 2.75) is 32.4 Å². The Morgan fingerprint density at radius 1 is 1.36 bits per heavy atom. The molecular formula is C18H27NO3. The van der Waals surface area contributed by atoms with Gasteiger partial charge in [-0.25, -0.2) is 0 Å². The van der Waals surface area contributed by atoms with E-state index in [4.69, 9.17) is 9.47 Å². The topological polar surface area (TPSA) is 41.9 Å². The van der Waals surface area contributed by atoms with Crippen LogP contribution in [0.5, 0.6) is 11.5 Å². The van der Waals surface area contributed by atoms with Gasteiger partial charge in [0.2, 0.25) is 0 Å². The van der Waals surface area contributed by atoms with Crippen molar-refractivity contribution in [2.24, 2.45) is 5.92 Å². The Hall–Kier alpha value is -1.52. The summed E-state index contributed by atoms with van der Waals surface area (Å²) >= 11 is 0. The highest BCUT2D eigenvalue weighted by Gasteiger charge is 2.24. The van der Waals surface area contributed by atoms with E-state index < -0.39 is 0 Å². The van der Waals surface area contributed by atoms with Crippen LogP contribution in [0.25, 0.3) is 0 Å². The van der Waals surface area contributed by atoms with Crippen molar-refractivity contribution in [2.75, 3.05) is 27.3 Å². The Morgan fingerprint density at radius 2 is 2.14 bits per heavy atom. The van der Waals surface area contributed by atoms with Crippen LogP contribution < -0.4 is 9.47 Å². The van der Waals surface area contributed by atoms with Gasteiger partial charge in [0.15, 0.2) is 11.5 Å². The van der Waals surface area contributed by atoms with Gasteiger partial charge in [0.05, 0.1) is 20.3 Å². The molecule has 1 aliphatic rings. The van der Waals surface area contributed by atoms with E-state index in [0.29, 0.717) is 5.92 Å². The van der Waals surface area contributed by atoms with E-state index in [2.05, 4.69) is 24.5 Å². The van der Waals surface area contributed by atoms with Gasteiger partial charge in [-0.05, 0) is 30.4 Å². The maximum Gasteiger partial charge on any atom is 0.164 e. The molecule has 4 nitrogen and oxygen atoms in total. The molecule has 1 N–H and O–H groups in total. The molecule has 4 heteroatoms. The molecule has 1 aliphatic heterocycles. The molecule has 0 amide bonds. The summed E-state index contributed by atoms with van der Waals surface area (Å²) in [5.41, 5.74) is 2.30. The molecule has 2 rings (SSSR count). The van der Waals surface area contributed by atoms with Gasteiger partial charge in [-0.1, -0.05) is 19.1 Å². The van der Waals surface area contributed by atoms with Crippen molar-refractivity contribution in [1.82, 2.24) is 4.90 Å². The van der Waals surface area contributed by atoms with Crippen LogP contribution in [-0.2, 0) is 13.0 Å². The maximum atomic E-state index is 9.85. The molecule has 0 aliphatic carbocycles. The number of hydrogen-bond acceptors (Lipinski definition) is 4. The van der Waals surface area contributed by atoms with Crippen LogP contribution in [0.3, 0.4) is 0 Å². The van der Waals surface area contributed by atoms with Crippen LogP contribution in [0.15, 0.2) is 24.8 Å². The van der Waals surface area contributed by atoms with E-state index in [-0.39, 0.29) is 6.10 Å². The quantitative estimate of drug-likeness (QED) is 0.821. The summed E-state index contributed by atoms with van der Waals surface area (Å²) in [5.74, 6) is 1.87. The first kappa shape index (κ1) is 16.8. The number of allylic oxidation sites excluding steroid dienone is 1. The lowest BCUT2D eigenvalue weighted by atomic mass is 9.96. The minimum atomic E-state index is -0.169. The van der Waals surface area contributed by atoms with E-state index >= 15 is 0 Å². The number of aliphatic hydroxyl groups is 1. The normalized spacial score (nSPS) is 22.4. The molecule has 1 aromatic carbocycles. The highest BCUT2D eigenvalue weighted by Crippen LogP contribution is 2.34. The number of benzene rings is 1. The van der Waals surface area contributed by atoms with Gasteiger partial charge >= 0.3 is 0 Å². The predicted octanol–water partition coefficient (Wildman–Crippen LogP) is 2.64. The second kappa shape index (κ2) is 7.65. The van der Waals surface area contributed by atoms with Crippen LogP contribution in [-0.4, -0.2) is 43.4 Å². The smallest absolute Gasteiger partial charge is 0.164 e. The Labute approximate surface area is 133 Å². The third-order valence-electron chi connectivity index (χ3n) is 4.33. The Bertz CT molecular complexity index is 515. The van der Waals surface area contributed by atoms with Crippen molar-refractivity contribution < 1.29 is 14.6 Å². The Balaban J connectivity index is 2.20. The molecule has 0 bridgehead atoms. The lowest BCUT2D eigenvalue weighted by molar-refractivity contribution is 0.0320. The van der Waals surface area contributed by atoms with Gasteiger partial charge in [-0.15, -0.1) is 6.58 Å². The number of likely N-dealkylation sites (tertiary alicyclic amines) is 1. The number of ether oxygens (including phenoxy) is 2. The number of rotatable bonds is 6. The van der Waals surface area contributed by atoms with Crippen LogP contribution in [0.2, 0.25) is 0 Å². The first-order valence-electron chi connectivity index (χ1n) is 7.84. The molecule has 2 atom stereocenters. The summed E-state index contributed by atoms with van der Waals surface area (Å²) < 4.78 is 10.9. The SMILES string of the molecule is C=CCc1cc(CN2CCC(O)C(C)C2)cc(OC)c1OC. The van der Waals surface area contributed by atoms with E-state index in [1.54, 1.807) is 14.2 Å². The Morgan fingerprint density at radius 3 is 2.73 bits per heavy atom. The number of aliphatic hydroxyl groups excluding tert-OH is 1. The maximum absolute atomic E-state index is 9.85. The monoisotopic (exact) mass is 305 g/mol. The number of methoxy groups -OCH3 is 2. The molecule has 0 aromatic heterocycles. The van der Waals surface area contributed by atoms with E-state index in [1.165, 1.54) is 5.56 Å². The Kier molecular flexibility index (Phi) is 5.86. The standard InChI is InChI=1S/C18H27NO3/c1-5-6-15-9-14(10-17(21-3)18(15)22-4)12-19-8-7-16(20)13(2)11-19/h5,9-10,13,16,20H,1,6-8,11-12H2,2-4H3. The molecule has 122 valence electrons. The first-order chi connectivity index (χ1) is 10.6. The molecule has 0 radical (unpaired) electrons. The van der Waals surface area contributed by atoms with Gasteiger partial charge in [-0.3, -0.25) is 4.90 Å². The third kappa shape index (κ3) is 3.81. The first-order valence-corrected chi connectivity index (χ1v) is 7.84. The fourth-order valence-electron chi connectivity index (χ4n) is 3.13. The molecule has 0 saturated carbocycles. The molecule has 0 spiro atoms. The summed E-state index contributed by atoms with van der Waals surface area (Å²) in [7, 11) is 3.33. The zero-order chi connectivity index (χ0) is 16.1. The minimum Gasteiger partial charge on any atom is -0.493 e. The van der Waals surface area contributed by atoms with Crippen molar-refractivity contribution in [3.05, 3.63) is 35.9 Å². The van der Waals surface area contributed by atoms with Crippen molar-refractivity contribution in [1.29, 1.82) is 0 Å². The van der Waals surface area contributed by atoms with Gasteiger partial charge in [0, 0.05) is 25.2 Å². The fraction of sp³-hybridized carbons (Fsp3) is 0.556. The number of nitrogens with zero attached hydrogens (tertiary/aromatic N) is 1. The fourth-order valence-corrected chi connectivity index (χ4v) is 3.13. The summed E-state index contributed by atoms with van der Waals surface area (Å²) in [4.78, 5) is 2.39. The summed E-state index contributed by atoms with van der Waals surface area (Å²) in [6.07, 6.45) is 3.30. The molecule has 1 heterocycles. The van der Waals surface area contributed by atoms with E-state index in [9.17, 15) is 5.11 Å². The van der Waals surface area contributed by atoms with Gasteiger partial charge in [0.25, 0.3) is 0 Å². The number of piperidine rings is 1. The molecule has 1 fully saturated rings. The van der Waals surface area contributed by atoms with Crippen molar-refractivity contribution in [3.63, 3.8) is 0 Å². The van der Waals surface area contributed by atoms with Gasteiger partial charge < -0.3 is 14.6 Å². The lowest BCUT2D eigenvalue weighted by Gasteiger charge is -2.34. The zero-order valence-corrected chi connectivity index (χ0v) is 13.8. The van der Waals surface area contributed by atoms with Crippen molar-refractivity contribution in [3.8, 4) is 11.5 Å². The van der Waals surface area contributed by atoms with Crippen LogP contribution in [0.4, 0.5) is 0 Å². The van der Waals surface area contributed by atoms with Crippen molar-refractivity contribution >= 4 is 0 Å². The molecule has 2 unspecified atom stereocenters. The minimum absolute atomic E-state index is 0.169.